The lowest BCUT2D eigenvalue weighted by Crippen LogP contribution is -2.16. The summed E-state index contributed by atoms with van der Waals surface area (Å²) in [6.07, 6.45) is 6.75. The van der Waals surface area contributed by atoms with E-state index in [0.717, 1.165) is 5.39 Å². The van der Waals surface area contributed by atoms with Crippen LogP contribution in [-0.2, 0) is 0 Å². The summed E-state index contributed by atoms with van der Waals surface area (Å²) >= 11 is 3.44. The molecular formula is C21H17BrN2O4. The van der Waals surface area contributed by atoms with Crippen LogP contribution >= 0.6 is 15.9 Å². The summed E-state index contributed by atoms with van der Waals surface area (Å²) in [5.74, 6) is 3.21. The second kappa shape index (κ2) is 9.11. The van der Waals surface area contributed by atoms with Crippen LogP contribution in [0.2, 0.25) is 0 Å². The van der Waals surface area contributed by atoms with Crippen LogP contribution in [0.1, 0.15) is 23.0 Å². The van der Waals surface area contributed by atoms with Crippen LogP contribution in [0.25, 0.3) is 11.0 Å². The molecule has 3 aromatic rings. The molecule has 6 nitrogen and oxygen atoms in total. The van der Waals surface area contributed by atoms with Crippen LogP contribution in [0.15, 0.2) is 56.5 Å². The molecule has 1 N–H and O–H groups in total. The maximum atomic E-state index is 12.2. The number of halogens is 1. The van der Waals surface area contributed by atoms with Gasteiger partial charge in [-0.05, 0) is 52.7 Å². The average molecular weight is 441 g/mol. The molecule has 0 saturated carbocycles. The molecule has 1 heterocycles. The molecule has 2 aromatic carbocycles. The number of benzene rings is 2. The Bertz CT molecular complexity index is 1030. The molecule has 0 saturated heterocycles. The number of ether oxygens (including phenoxy) is 2. The maximum Gasteiger partial charge on any atom is 0.307 e. The number of hydrogen-bond acceptors (Lipinski definition) is 5. The Morgan fingerprint density at radius 1 is 1.32 bits per heavy atom. The van der Waals surface area contributed by atoms with Crippen molar-refractivity contribution >= 4 is 39.0 Å². The van der Waals surface area contributed by atoms with Gasteiger partial charge in [-0.15, -0.1) is 6.42 Å². The minimum atomic E-state index is -0.439. The van der Waals surface area contributed by atoms with Crippen LogP contribution in [0.4, 0.5) is 0 Å². The third-order valence-electron chi connectivity index (χ3n) is 3.66. The highest BCUT2D eigenvalue weighted by Gasteiger charge is 2.13. The number of nitrogens with zero attached hydrogens (tertiary/aromatic N) is 1. The molecular weight excluding hydrogens is 424 g/mol. The Hall–Kier alpha value is -3.24. The molecule has 0 unspecified atom stereocenters. The number of rotatable bonds is 7. The zero-order valence-corrected chi connectivity index (χ0v) is 16.7. The number of carbonyl (C=O) groups is 1. The average Bonchev–Trinajstić information content (AvgIpc) is 3.12. The molecule has 0 fully saturated rings. The minimum Gasteiger partial charge on any atom is -0.490 e. The predicted octanol–water partition coefficient (Wildman–Crippen LogP) is 4.37. The van der Waals surface area contributed by atoms with Gasteiger partial charge in [0.1, 0.15) is 12.2 Å². The zero-order chi connectivity index (χ0) is 19.9. The van der Waals surface area contributed by atoms with E-state index in [0.29, 0.717) is 33.7 Å². The molecule has 0 aliphatic carbocycles. The molecule has 7 heteroatoms. The normalized spacial score (nSPS) is 10.8. The lowest BCUT2D eigenvalue weighted by atomic mass is 10.2. The summed E-state index contributed by atoms with van der Waals surface area (Å²) in [5.41, 5.74) is 3.80. The molecule has 0 bridgehead atoms. The highest BCUT2D eigenvalue weighted by Crippen LogP contribution is 2.36. The van der Waals surface area contributed by atoms with Gasteiger partial charge >= 0.3 is 5.91 Å². The first-order valence-corrected chi connectivity index (χ1v) is 9.26. The molecule has 0 spiro atoms. The smallest absolute Gasteiger partial charge is 0.307 e. The number of nitrogens with one attached hydrogen (secondary N) is 1. The van der Waals surface area contributed by atoms with Crippen molar-refractivity contribution in [2.24, 2.45) is 5.10 Å². The second-order valence-corrected chi connectivity index (χ2v) is 6.46. The highest BCUT2D eigenvalue weighted by molar-refractivity contribution is 9.10. The third-order valence-corrected chi connectivity index (χ3v) is 4.25. The van der Waals surface area contributed by atoms with Gasteiger partial charge in [0.2, 0.25) is 0 Å². The topological polar surface area (TPSA) is 73.1 Å². The van der Waals surface area contributed by atoms with Crippen molar-refractivity contribution in [2.75, 3.05) is 13.2 Å². The monoisotopic (exact) mass is 440 g/mol. The van der Waals surface area contributed by atoms with Crippen molar-refractivity contribution in [3.63, 3.8) is 0 Å². The lowest BCUT2D eigenvalue weighted by molar-refractivity contribution is 0.0929. The third kappa shape index (κ3) is 4.53. The molecule has 0 atom stereocenters. The van der Waals surface area contributed by atoms with E-state index < -0.39 is 5.91 Å². The summed E-state index contributed by atoms with van der Waals surface area (Å²) in [6, 6.07) is 12.6. The number of hydrazone groups is 1. The Kier molecular flexibility index (Phi) is 6.35. The Labute approximate surface area is 170 Å². The largest absolute Gasteiger partial charge is 0.490 e. The second-order valence-electron chi connectivity index (χ2n) is 5.60. The van der Waals surface area contributed by atoms with Crippen LogP contribution < -0.4 is 14.9 Å². The molecule has 3 rings (SSSR count). The van der Waals surface area contributed by atoms with E-state index in [1.54, 1.807) is 24.3 Å². The fourth-order valence-electron chi connectivity index (χ4n) is 2.49. The van der Waals surface area contributed by atoms with Crippen molar-refractivity contribution in [3.05, 3.63) is 58.3 Å². The van der Waals surface area contributed by atoms with Gasteiger partial charge in [0, 0.05) is 5.39 Å². The van der Waals surface area contributed by atoms with Gasteiger partial charge in [-0.2, -0.15) is 5.10 Å². The number of hydrogen-bond donors (Lipinski definition) is 1. The predicted molar refractivity (Wildman–Crippen MR) is 111 cm³/mol. The molecule has 0 aliphatic rings. The van der Waals surface area contributed by atoms with Crippen molar-refractivity contribution in [1.29, 1.82) is 0 Å². The number of furan rings is 1. The van der Waals surface area contributed by atoms with E-state index in [4.69, 9.17) is 20.3 Å². The molecule has 28 heavy (non-hydrogen) atoms. The van der Waals surface area contributed by atoms with Crippen molar-refractivity contribution in [2.45, 2.75) is 6.92 Å². The summed E-state index contributed by atoms with van der Waals surface area (Å²) in [5, 5.41) is 4.84. The first kappa shape index (κ1) is 19.5. The van der Waals surface area contributed by atoms with Gasteiger partial charge in [-0.25, -0.2) is 5.43 Å². The summed E-state index contributed by atoms with van der Waals surface area (Å²) in [6.45, 7) is 2.45. The van der Waals surface area contributed by atoms with Gasteiger partial charge < -0.3 is 13.9 Å². The lowest BCUT2D eigenvalue weighted by Gasteiger charge is -2.13. The van der Waals surface area contributed by atoms with Crippen LogP contribution in [0, 0.1) is 12.3 Å². The molecule has 0 aliphatic heterocycles. The summed E-state index contributed by atoms with van der Waals surface area (Å²) in [7, 11) is 0. The van der Waals surface area contributed by atoms with E-state index in [1.807, 2.05) is 25.1 Å². The minimum absolute atomic E-state index is 0.125. The Morgan fingerprint density at radius 3 is 2.89 bits per heavy atom. The number of carbonyl (C=O) groups excluding carboxylic acids is 1. The fourth-order valence-corrected chi connectivity index (χ4v) is 3.07. The Balaban J connectivity index is 1.74. The highest BCUT2D eigenvalue weighted by atomic mass is 79.9. The SMILES string of the molecule is C#CCOc1c(Br)cc(/C=N/NC(=O)c2cc3ccccc3o2)cc1OCC. The van der Waals surface area contributed by atoms with Gasteiger partial charge in [0.25, 0.3) is 0 Å². The van der Waals surface area contributed by atoms with Crippen molar-refractivity contribution in [3.8, 4) is 23.8 Å². The van der Waals surface area contributed by atoms with Gasteiger partial charge in [-0.1, -0.05) is 24.1 Å². The van der Waals surface area contributed by atoms with Crippen LogP contribution in [0.5, 0.6) is 11.5 Å². The number of fused-ring (bicyclic) bond motifs is 1. The van der Waals surface area contributed by atoms with Gasteiger partial charge in [0.15, 0.2) is 17.3 Å². The fraction of sp³-hybridized carbons (Fsp3) is 0.143. The Morgan fingerprint density at radius 2 is 2.14 bits per heavy atom. The molecule has 0 radical (unpaired) electrons. The summed E-state index contributed by atoms with van der Waals surface area (Å²) < 4.78 is 17.3. The zero-order valence-electron chi connectivity index (χ0n) is 15.1. The summed E-state index contributed by atoms with van der Waals surface area (Å²) in [4.78, 5) is 12.2. The molecule has 142 valence electrons. The maximum absolute atomic E-state index is 12.2. The van der Waals surface area contributed by atoms with E-state index in [2.05, 4.69) is 32.4 Å². The van der Waals surface area contributed by atoms with Crippen molar-refractivity contribution < 1.29 is 18.7 Å². The van der Waals surface area contributed by atoms with E-state index in [-0.39, 0.29) is 12.4 Å². The molecule has 1 aromatic heterocycles. The van der Waals surface area contributed by atoms with Gasteiger partial charge in [-0.3, -0.25) is 4.79 Å². The van der Waals surface area contributed by atoms with E-state index in [9.17, 15) is 4.79 Å². The van der Waals surface area contributed by atoms with Crippen LogP contribution in [0.3, 0.4) is 0 Å². The van der Waals surface area contributed by atoms with E-state index in [1.165, 1.54) is 6.21 Å². The first-order chi connectivity index (χ1) is 13.6. The standard InChI is InChI=1S/C21H17BrN2O4/c1-3-9-27-20-16(22)10-14(11-18(20)26-4-2)13-23-24-21(25)19-12-15-7-5-6-8-17(15)28-19/h1,5-8,10-13H,4,9H2,2H3,(H,24,25)/b23-13+. The number of para-hydroxylation sites is 1. The van der Waals surface area contributed by atoms with Crippen LogP contribution in [-0.4, -0.2) is 25.3 Å². The number of terminal acetylenes is 1. The number of amides is 1. The first-order valence-electron chi connectivity index (χ1n) is 8.47. The van der Waals surface area contributed by atoms with Crippen molar-refractivity contribution in [1.82, 2.24) is 5.43 Å². The molecule has 1 amide bonds. The van der Waals surface area contributed by atoms with E-state index >= 15 is 0 Å². The van der Waals surface area contributed by atoms with Gasteiger partial charge in [0.05, 0.1) is 17.3 Å². The quantitative estimate of drug-likeness (QED) is 0.336.